The molecule has 0 amide bonds. The van der Waals surface area contributed by atoms with Crippen molar-refractivity contribution in [1.29, 1.82) is 0 Å². The van der Waals surface area contributed by atoms with Crippen LogP contribution in [0.3, 0.4) is 0 Å². The molecule has 0 saturated heterocycles. The molecule has 64 valence electrons. The van der Waals surface area contributed by atoms with E-state index < -0.39 is 0 Å². The van der Waals surface area contributed by atoms with Gasteiger partial charge in [-0.3, -0.25) is 0 Å². The zero-order chi connectivity index (χ0) is 8.81. The summed E-state index contributed by atoms with van der Waals surface area (Å²) in [5.74, 6) is 5.77. The third-order valence-electron chi connectivity index (χ3n) is 1.31. The maximum absolute atomic E-state index is 8.50. The largest absolute Gasteiger partial charge is 0.392 e. The second-order valence-electron chi connectivity index (χ2n) is 2.18. The Morgan fingerprint density at radius 2 is 2.42 bits per heavy atom. The lowest BCUT2D eigenvalue weighted by Crippen LogP contribution is -2.08. The number of aliphatic hydroxyl groups is 1. The standard InChI is InChI=1S/C8H11N3O/c9-11-8-5-1-3-7(10-8)4-2-6-12/h1-5,12H,6,9H2,(H,10,11). The van der Waals surface area contributed by atoms with Crippen molar-refractivity contribution in [2.75, 3.05) is 12.0 Å². The van der Waals surface area contributed by atoms with E-state index in [-0.39, 0.29) is 6.61 Å². The molecule has 1 aromatic rings. The number of aromatic nitrogens is 1. The molecule has 0 fully saturated rings. The number of nitrogens with one attached hydrogen (secondary N) is 1. The first-order valence-electron chi connectivity index (χ1n) is 3.58. The van der Waals surface area contributed by atoms with Gasteiger partial charge >= 0.3 is 0 Å². The van der Waals surface area contributed by atoms with Gasteiger partial charge in [0.05, 0.1) is 12.3 Å². The highest BCUT2D eigenvalue weighted by atomic mass is 16.2. The monoisotopic (exact) mass is 165 g/mol. The number of hydrogen-bond acceptors (Lipinski definition) is 4. The highest BCUT2D eigenvalue weighted by molar-refractivity contribution is 5.48. The highest BCUT2D eigenvalue weighted by Gasteiger charge is 1.90. The molecule has 4 N–H and O–H groups in total. The smallest absolute Gasteiger partial charge is 0.140 e. The number of hydrogen-bond donors (Lipinski definition) is 3. The van der Waals surface area contributed by atoms with Crippen LogP contribution in [-0.2, 0) is 0 Å². The molecule has 0 radical (unpaired) electrons. The van der Waals surface area contributed by atoms with Gasteiger partial charge in [-0.1, -0.05) is 12.1 Å². The summed E-state index contributed by atoms with van der Waals surface area (Å²) in [5, 5.41) is 8.50. The van der Waals surface area contributed by atoms with E-state index in [0.29, 0.717) is 5.82 Å². The van der Waals surface area contributed by atoms with Gasteiger partial charge in [0, 0.05) is 0 Å². The Labute approximate surface area is 70.7 Å². The molecule has 0 unspecified atom stereocenters. The van der Waals surface area contributed by atoms with Crippen LogP contribution < -0.4 is 11.3 Å². The molecular formula is C8H11N3O. The lowest BCUT2D eigenvalue weighted by atomic mass is 10.3. The zero-order valence-electron chi connectivity index (χ0n) is 6.57. The minimum Gasteiger partial charge on any atom is -0.392 e. The molecule has 4 nitrogen and oxygen atoms in total. The molecule has 4 heteroatoms. The second kappa shape index (κ2) is 4.48. The molecule has 0 aromatic carbocycles. The van der Waals surface area contributed by atoms with E-state index in [2.05, 4.69) is 10.4 Å². The molecule has 0 atom stereocenters. The molecule has 1 aromatic heterocycles. The second-order valence-corrected chi connectivity index (χ2v) is 2.18. The van der Waals surface area contributed by atoms with E-state index >= 15 is 0 Å². The fourth-order valence-electron chi connectivity index (χ4n) is 0.798. The van der Waals surface area contributed by atoms with Crippen molar-refractivity contribution in [3.05, 3.63) is 30.0 Å². The molecular weight excluding hydrogens is 154 g/mol. The lowest BCUT2D eigenvalue weighted by molar-refractivity contribution is 0.343. The van der Waals surface area contributed by atoms with Crippen LogP contribution in [0.5, 0.6) is 0 Å². The van der Waals surface area contributed by atoms with Crippen LogP contribution in [-0.4, -0.2) is 16.7 Å². The molecule has 1 rings (SSSR count). The van der Waals surface area contributed by atoms with Crippen LogP contribution in [0.25, 0.3) is 6.08 Å². The van der Waals surface area contributed by atoms with E-state index in [4.69, 9.17) is 10.9 Å². The number of anilines is 1. The summed E-state index contributed by atoms with van der Waals surface area (Å²) in [7, 11) is 0. The van der Waals surface area contributed by atoms with E-state index in [0.717, 1.165) is 5.69 Å². The third-order valence-corrected chi connectivity index (χ3v) is 1.31. The summed E-state index contributed by atoms with van der Waals surface area (Å²) in [5.41, 5.74) is 3.20. The van der Waals surface area contributed by atoms with Gasteiger partial charge in [0.1, 0.15) is 5.82 Å². The number of nitrogens with zero attached hydrogens (tertiary/aromatic N) is 1. The molecule has 1 heterocycles. The van der Waals surface area contributed by atoms with Crippen LogP contribution in [0.15, 0.2) is 24.3 Å². The number of rotatable bonds is 3. The Bertz CT molecular complexity index is 273. The highest BCUT2D eigenvalue weighted by Crippen LogP contribution is 2.03. The van der Waals surface area contributed by atoms with E-state index in [1.54, 1.807) is 18.2 Å². The summed E-state index contributed by atoms with van der Waals surface area (Å²) < 4.78 is 0. The van der Waals surface area contributed by atoms with Crippen LogP contribution >= 0.6 is 0 Å². The molecule has 0 aliphatic rings. The van der Waals surface area contributed by atoms with Gasteiger partial charge < -0.3 is 10.5 Å². The molecule has 0 saturated carbocycles. The molecule has 0 bridgehead atoms. The van der Waals surface area contributed by atoms with Gasteiger partial charge in [0.2, 0.25) is 0 Å². The summed E-state index contributed by atoms with van der Waals surface area (Å²) >= 11 is 0. The fourth-order valence-corrected chi connectivity index (χ4v) is 0.798. The Kier molecular flexibility index (Phi) is 3.25. The predicted octanol–water partition coefficient (Wildman–Crippen LogP) is 0.373. The van der Waals surface area contributed by atoms with Crippen molar-refractivity contribution >= 4 is 11.9 Å². The Hall–Kier alpha value is -1.39. The molecule has 0 aliphatic carbocycles. The van der Waals surface area contributed by atoms with Gasteiger partial charge in [0.15, 0.2) is 0 Å². The van der Waals surface area contributed by atoms with Crippen molar-refractivity contribution in [2.45, 2.75) is 0 Å². The average Bonchev–Trinajstić information content (AvgIpc) is 2.15. The minimum atomic E-state index is 0.0158. The van der Waals surface area contributed by atoms with Crippen molar-refractivity contribution in [3.8, 4) is 0 Å². The third kappa shape index (κ3) is 2.34. The number of hydrazine groups is 1. The van der Waals surface area contributed by atoms with Crippen LogP contribution in [0.1, 0.15) is 5.69 Å². The quantitative estimate of drug-likeness (QED) is 0.447. The SMILES string of the molecule is NNc1cccc(C=CCO)n1. The van der Waals surface area contributed by atoms with Crippen molar-refractivity contribution in [3.63, 3.8) is 0 Å². The van der Waals surface area contributed by atoms with Gasteiger partial charge in [0.25, 0.3) is 0 Å². The van der Waals surface area contributed by atoms with E-state index in [1.807, 2.05) is 12.1 Å². The predicted molar refractivity (Wildman–Crippen MR) is 48.2 cm³/mol. The molecule has 0 spiro atoms. The fraction of sp³-hybridized carbons (Fsp3) is 0.125. The first kappa shape index (κ1) is 8.70. The number of aliphatic hydroxyl groups excluding tert-OH is 1. The van der Waals surface area contributed by atoms with Crippen LogP contribution in [0.4, 0.5) is 5.82 Å². The van der Waals surface area contributed by atoms with Crippen LogP contribution in [0.2, 0.25) is 0 Å². The number of pyridine rings is 1. The summed E-state index contributed by atoms with van der Waals surface area (Å²) in [6, 6.07) is 5.42. The molecule has 12 heavy (non-hydrogen) atoms. The maximum Gasteiger partial charge on any atom is 0.140 e. The summed E-state index contributed by atoms with van der Waals surface area (Å²) in [6.07, 6.45) is 3.34. The van der Waals surface area contributed by atoms with Gasteiger partial charge in [-0.05, 0) is 18.2 Å². The summed E-state index contributed by atoms with van der Waals surface area (Å²) in [4.78, 5) is 4.09. The maximum atomic E-state index is 8.50. The van der Waals surface area contributed by atoms with Gasteiger partial charge in [-0.15, -0.1) is 0 Å². The first-order valence-corrected chi connectivity index (χ1v) is 3.58. The Balaban J connectivity index is 2.79. The Morgan fingerprint density at radius 3 is 3.08 bits per heavy atom. The average molecular weight is 165 g/mol. The van der Waals surface area contributed by atoms with Gasteiger partial charge in [-0.2, -0.15) is 0 Å². The van der Waals surface area contributed by atoms with E-state index in [1.165, 1.54) is 0 Å². The van der Waals surface area contributed by atoms with Crippen molar-refractivity contribution in [2.24, 2.45) is 5.84 Å². The Morgan fingerprint density at radius 1 is 1.58 bits per heavy atom. The first-order chi connectivity index (χ1) is 5.86. The number of nitrogens with two attached hydrogens (primary N) is 1. The van der Waals surface area contributed by atoms with E-state index in [9.17, 15) is 0 Å². The van der Waals surface area contributed by atoms with Crippen molar-refractivity contribution in [1.82, 2.24) is 4.98 Å². The zero-order valence-corrected chi connectivity index (χ0v) is 6.57. The van der Waals surface area contributed by atoms with Gasteiger partial charge in [-0.25, -0.2) is 10.8 Å². The topological polar surface area (TPSA) is 71.2 Å². The number of nitrogen functional groups attached to an aromatic ring is 1. The van der Waals surface area contributed by atoms with Crippen LogP contribution in [0, 0.1) is 0 Å². The lowest BCUT2D eigenvalue weighted by Gasteiger charge is -1.98. The minimum absolute atomic E-state index is 0.0158. The van der Waals surface area contributed by atoms with Crippen molar-refractivity contribution < 1.29 is 5.11 Å². The molecule has 0 aliphatic heterocycles. The summed E-state index contributed by atoms with van der Waals surface area (Å²) in [6.45, 7) is 0.0158. The normalized spacial score (nSPS) is 10.5.